The van der Waals surface area contributed by atoms with Crippen LogP contribution in [0.25, 0.3) is 0 Å². The molecule has 6 N–H and O–H groups in total. The van der Waals surface area contributed by atoms with Crippen molar-refractivity contribution in [1.29, 1.82) is 0 Å². The van der Waals surface area contributed by atoms with Gasteiger partial charge in [-0.2, -0.15) is 0 Å². The van der Waals surface area contributed by atoms with Crippen LogP contribution in [0.5, 0.6) is 0 Å². The van der Waals surface area contributed by atoms with Crippen LogP contribution in [0.4, 0.5) is 0 Å². The van der Waals surface area contributed by atoms with Crippen LogP contribution in [0.3, 0.4) is 0 Å². The number of Topliss-reactive ketones (excluding diaryl/α,β-unsaturated/α-hetero) is 1. The van der Waals surface area contributed by atoms with E-state index in [2.05, 4.69) is 13.0 Å². The van der Waals surface area contributed by atoms with Gasteiger partial charge in [-0.15, -0.1) is 0 Å². The Morgan fingerprint density at radius 3 is 2.59 bits per heavy atom. The van der Waals surface area contributed by atoms with Gasteiger partial charge >= 0.3 is 0 Å². The molecule has 4 aliphatic carbocycles. The lowest BCUT2D eigenvalue weighted by atomic mass is 9.47. The summed E-state index contributed by atoms with van der Waals surface area (Å²) in [4.78, 5) is 25.5. The average Bonchev–Trinajstić information content (AvgIpc) is 3.13. The second-order valence-corrected chi connectivity index (χ2v) is 12.0. The first-order chi connectivity index (χ1) is 17.4. The monoisotopic (exact) mass is 522 g/mol. The highest BCUT2D eigenvalue weighted by atomic mass is 16.7. The molecule has 5 rings (SSSR count). The highest BCUT2D eigenvalue weighted by molar-refractivity contribution is 5.93. The van der Waals surface area contributed by atoms with E-state index in [1.807, 2.05) is 13.0 Å². The number of rotatable bonds is 5. The van der Waals surface area contributed by atoms with Gasteiger partial charge in [0.05, 0.1) is 12.7 Å². The normalized spacial score (nSPS) is 51.2. The van der Waals surface area contributed by atoms with Crippen LogP contribution in [-0.4, -0.2) is 97.8 Å². The molecule has 8 unspecified atom stereocenters. The van der Waals surface area contributed by atoms with Gasteiger partial charge in [0.25, 0.3) is 0 Å². The lowest BCUT2D eigenvalue weighted by Gasteiger charge is -2.59. The molecule has 5 aliphatic rings. The predicted octanol–water partition coefficient (Wildman–Crippen LogP) is -0.618. The molecule has 10 nitrogen and oxygen atoms in total. The second-order valence-electron chi connectivity index (χ2n) is 12.0. The number of carbonyl (C=O) groups excluding carboxylic acids is 2. The summed E-state index contributed by atoms with van der Waals surface area (Å²) in [6, 6.07) is 0. The molecule has 12 atom stereocenters. The minimum Gasteiger partial charge on any atom is -0.394 e. The van der Waals surface area contributed by atoms with E-state index in [9.17, 15) is 40.2 Å². The Labute approximate surface area is 215 Å². The van der Waals surface area contributed by atoms with Crippen LogP contribution in [0.1, 0.15) is 46.0 Å². The summed E-state index contributed by atoms with van der Waals surface area (Å²) in [5, 5.41) is 62.8. The Kier molecular flexibility index (Phi) is 6.81. The first-order valence-corrected chi connectivity index (χ1v) is 13.1. The van der Waals surface area contributed by atoms with Gasteiger partial charge in [0.1, 0.15) is 36.6 Å². The zero-order chi connectivity index (χ0) is 26.9. The number of aliphatic hydroxyl groups is 6. The largest absolute Gasteiger partial charge is 0.394 e. The Balaban J connectivity index is 1.34. The molecule has 0 aromatic carbocycles. The summed E-state index contributed by atoms with van der Waals surface area (Å²) in [6.45, 7) is 2.67. The highest BCUT2D eigenvalue weighted by Gasteiger charge is 2.68. The number of hydrogen-bond acceptors (Lipinski definition) is 10. The summed E-state index contributed by atoms with van der Waals surface area (Å²) in [7, 11) is 0. The van der Waals surface area contributed by atoms with Gasteiger partial charge in [0, 0.05) is 23.2 Å². The van der Waals surface area contributed by atoms with Gasteiger partial charge in [-0.25, -0.2) is 0 Å². The summed E-state index contributed by atoms with van der Waals surface area (Å²) >= 11 is 0. The first kappa shape index (κ1) is 27.1. The highest BCUT2D eigenvalue weighted by Crippen LogP contribution is 2.66. The first-order valence-electron chi connectivity index (χ1n) is 13.1. The molecule has 0 bridgehead atoms. The average molecular weight is 523 g/mol. The van der Waals surface area contributed by atoms with E-state index in [-0.39, 0.29) is 36.4 Å². The van der Waals surface area contributed by atoms with Gasteiger partial charge < -0.3 is 40.1 Å². The maximum atomic E-state index is 13.5. The molecule has 2 saturated carbocycles. The molecule has 3 fully saturated rings. The van der Waals surface area contributed by atoms with E-state index in [1.54, 1.807) is 6.08 Å². The molecule has 0 aromatic rings. The van der Waals surface area contributed by atoms with Gasteiger partial charge in [-0.05, 0) is 43.6 Å². The van der Waals surface area contributed by atoms with Crippen molar-refractivity contribution in [3.63, 3.8) is 0 Å². The van der Waals surface area contributed by atoms with Crippen molar-refractivity contribution in [2.45, 2.75) is 88.4 Å². The Morgan fingerprint density at radius 2 is 1.89 bits per heavy atom. The molecule has 0 radical (unpaired) electrons. The number of fused-ring (bicyclic) bond motifs is 5. The molecule has 0 spiro atoms. The molecule has 1 saturated heterocycles. The summed E-state index contributed by atoms with van der Waals surface area (Å²) in [6.07, 6.45) is -0.637. The molecule has 1 aliphatic heterocycles. The van der Waals surface area contributed by atoms with Crippen molar-refractivity contribution < 1.29 is 49.7 Å². The summed E-state index contributed by atoms with van der Waals surface area (Å²) in [5.74, 6) is -0.701. The van der Waals surface area contributed by atoms with E-state index >= 15 is 0 Å². The molecule has 1 heterocycles. The van der Waals surface area contributed by atoms with Crippen LogP contribution in [-0.2, 0) is 19.1 Å². The zero-order valence-electron chi connectivity index (χ0n) is 21.2. The standard InChI is InChI=1S/C27H38O10/c1-25-7-5-14(29)9-13(25)3-4-15-16-6-8-27(35,26(16,2)10-17(30)20(15)25)19(31)12-36-24-23(34)22(33)21(32)18(11-28)37-24/h3,5,7,15-18,20-24,28,30,32-35H,4,6,8-12H2,1-2H3/t15?,16?,17-,18?,20?,21?,22?,23?,24?,25-,26-,27-/m0/s1. The molecule has 10 heteroatoms. The lowest BCUT2D eigenvalue weighted by molar-refractivity contribution is -0.300. The van der Waals surface area contributed by atoms with Crippen molar-refractivity contribution in [2.75, 3.05) is 13.2 Å². The van der Waals surface area contributed by atoms with Crippen molar-refractivity contribution in [1.82, 2.24) is 0 Å². The fraction of sp³-hybridized carbons (Fsp3) is 0.778. The van der Waals surface area contributed by atoms with E-state index in [1.165, 1.54) is 0 Å². The van der Waals surface area contributed by atoms with Crippen LogP contribution in [0.2, 0.25) is 0 Å². The van der Waals surface area contributed by atoms with Crippen molar-refractivity contribution >= 4 is 11.6 Å². The number of allylic oxidation sites excluding steroid dienone is 4. The lowest BCUT2D eigenvalue weighted by Crippen LogP contribution is -2.62. The van der Waals surface area contributed by atoms with Crippen molar-refractivity contribution in [2.24, 2.45) is 28.6 Å². The Morgan fingerprint density at radius 1 is 1.16 bits per heavy atom. The number of aliphatic hydroxyl groups excluding tert-OH is 5. The van der Waals surface area contributed by atoms with E-state index in [0.717, 1.165) is 5.57 Å². The summed E-state index contributed by atoms with van der Waals surface area (Å²) < 4.78 is 10.8. The molecular formula is C27H38O10. The molecule has 0 amide bonds. The number of carbonyl (C=O) groups is 2. The van der Waals surface area contributed by atoms with E-state index in [4.69, 9.17) is 9.47 Å². The molecule has 0 aromatic heterocycles. The number of ether oxygens (including phenoxy) is 2. The third-order valence-electron chi connectivity index (χ3n) is 10.3. The maximum absolute atomic E-state index is 13.5. The van der Waals surface area contributed by atoms with E-state index in [0.29, 0.717) is 19.3 Å². The van der Waals surface area contributed by atoms with Crippen LogP contribution < -0.4 is 0 Å². The molecule has 37 heavy (non-hydrogen) atoms. The maximum Gasteiger partial charge on any atom is 0.190 e. The van der Waals surface area contributed by atoms with Crippen molar-refractivity contribution in [3.8, 4) is 0 Å². The van der Waals surface area contributed by atoms with Gasteiger partial charge in [-0.3, -0.25) is 9.59 Å². The topological polar surface area (TPSA) is 174 Å². The van der Waals surface area contributed by atoms with Gasteiger partial charge in [0.2, 0.25) is 0 Å². The molecular weight excluding hydrogens is 484 g/mol. The zero-order valence-corrected chi connectivity index (χ0v) is 21.2. The Bertz CT molecular complexity index is 1010. The minimum absolute atomic E-state index is 0.0218. The van der Waals surface area contributed by atoms with Gasteiger partial charge in [0.15, 0.2) is 17.9 Å². The molecule has 206 valence electrons. The van der Waals surface area contributed by atoms with E-state index < -0.39 is 72.2 Å². The third-order valence-corrected chi connectivity index (χ3v) is 10.3. The van der Waals surface area contributed by atoms with Gasteiger partial charge in [-0.1, -0.05) is 31.6 Å². The second kappa shape index (κ2) is 9.31. The third kappa shape index (κ3) is 3.91. The summed E-state index contributed by atoms with van der Waals surface area (Å²) in [5.41, 5.74) is -2.12. The number of ketones is 2. The fourth-order valence-electron chi connectivity index (χ4n) is 8.18. The predicted molar refractivity (Wildman–Crippen MR) is 128 cm³/mol. The fourth-order valence-corrected chi connectivity index (χ4v) is 8.18. The van der Waals surface area contributed by atoms with Crippen molar-refractivity contribution in [3.05, 3.63) is 23.8 Å². The minimum atomic E-state index is -1.78. The van der Waals surface area contributed by atoms with Crippen LogP contribution in [0, 0.1) is 28.6 Å². The SMILES string of the molecule is C[C@]12C=CC(=O)CC1=CCC1C2[C@@H](O)C[C@@]2(C)C1CC[C@]2(O)C(=O)COC1OC(CO)C(O)C(O)C1O. The van der Waals surface area contributed by atoms with Crippen LogP contribution >= 0.6 is 0 Å². The smallest absolute Gasteiger partial charge is 0.190 e. The van der Waals surface area contributed by atoms with Crippen LogP contribution in [0.15, 0.2) is 23.8 Å². The Hall–Kier alpha value is -1.50. The quantitative estimate of drug-likeness (QED) is 0.255. The number of hydrogen-bond donors (Lipinski definition) is 6.